The first-order valence-corrected chi connectivity index (χ1v) is 11.6. The van der Waals surface area contributed by atoms with Gasteiger partial charge in [0.15, 0.2) is 0 Å². The highest BCUT2D eigenvalue weighted by Crippen LogP contribution is 2.22. The Balaban J connectivity index is 1.45. The van der Waals surface area contributed by atoms with E-state index in [2.05, 4.69) is 20.9 Å². The van der Waals surface area contributed by atoms with E-state index in [9.17, 15) is 24.6 Å². The summed E-state index contributed by atoms with van der Waals surface area (Å²) >= 11 is 0. The van der Waals surface area contributed by atoms with Crippen molar-refractivity contribution in [2.45, 2.75) is 44.1 Å². The number of H-pyrrole nitrogens is 1. The number of carbonyl (C=O) groups is 3. The highest BCUT2D eigenvalue weighted by atomic mass is 16.3. The van der Waals surface area contributed by atoms with Crippen LogP contribution in [0, 0.1) is 6.92 Å². The van der Waals surface area contributed by atoms with Crippen LogP contribution in [0.15, 0.2) is 66.4 Å². The second-order valence-electron chi connectivity index (χ2n) is 8.94. The number of aliphatic hydroxyl groups is 2. The van der Waals surface area contributed by atoms with E-state index < -0.39 is 42.1 Å². The molecule has 188 valence electrons. The fourth-order valence-electron chi connectivity index (χ4n) is 4.21. The Bertz CT molecular complexity index is 1300. The lowest BCUT2D eigenvalue weighted by atomic mass is 9.89. The lowest BCUT2D eigenvalue weighted by Gasteiger charge is -2.31. The topological polar surface area (TPSA) is 170 Å². The largest absolute Gasteiger partial charge is 0.390 e. The van der Waals surface area contributed by atoms with Gasteiger partial charge in [-0.3, -0.25) is 9.59 Å². The van der Waals surface area contributed by atoms with Crippen molar-refractivity contribution in [1.82, 2.24) is 15.6 Å². The molecule has 0 radical (unpaired) electrons. The molecule has 0 unspecified atom stereocenters. The van der Waals surface area contributed by atoms with Crippen molar-refractivity contribution in [3.63, 3.8) is 0 Å². The Morgan fingerprint density at radius 1 is 1.11 bits per heavy atom. The number of primary amides is 1. The van der Waals surface area contributed by atoms with Crippen LogP contribution in [-0.2, 0) is 16.0 Å². The molecule has 1 aromatic heterocycles. The lowest BCUT2D eigenvalue weighted by molar-refractivity contribution is -0.125. The van der Waals surface area contributed by atoms with Crippen LogP contribution in [0.3, 0.4) is 0 Å². The fourth-order valence-corrected chi connectivity index (χ4v) is 4.21. The number of urea groups is 1. The molecule has 4 rings (SSSR count). The second kappa shape index (κ2) is 10.6. The summed E-state index contributed by atoms with van der Waals surface area (Å²) in [5, 5.41) is 29.5. The maximum absolute atomic E-state index is 13.0. The molecule has 3 aromatic rings. The Labute approximate surface area is 207 Å². The van der Waals surface area contributed by atoms with Crippen LogP contribution in [-0.4, -0.2) is 57.3 Å². The Kier molecular flexibility index (Phi) is 7.37. The number of para-hydroxylation sites is 1. The first kappa shape index (κ1) is 25.0. The predicted octanol–water partition coefficient (Wildman–Crippen LogP) is 1.23. The van der Waals surface area contributed by atoms with Gasteiger partial charge in [0.1, 0.15) is 12.1 Å². The van der Waals surface area contributed by atoms with Crippen LogP contribution in [0.25, 0.3) is 10.9 Å². The molecule has 0 saturated heterocycles. The van der Waals surface area contributed by atoms with Crippen molar-refractivity contribution in [3.05, 3.63) is 77.5 Å². The first-order valence-electron chi connectivity index (χ1n) is 11.6. The summed E-state index contributed by atoms with van der Waals surface area (Å²) in [7, 11) is 0. The zero-order chi connectivity index (χ0) is 25.8. The van der Waals surface area contributed by atoms with Crippen LogP contribution in [0.5, 0.6) is 0 Å². The quantitative estimate of drug-likeness (QED) is 0.263. The van der Waals surface area contributed by atoms with Crippen LogP contribution in [0.4, 0.5) is 10.5 Å². The van der Waals surface area contributed by atoms with Crippen molar-refractivity contribution < 1.29 is 24.6 Å². The van der Waals surface area contributed by atoms with Gasteiger partial charge in [0.25, 0.3) is 0 Å². The number of aliphatic hydroxyl groups excluding tert-OH is 2. The highest BCUT2D eigenvalue weighted by molar-refractivity contribution is 5.97. The van der Waals surface area contributed by atoms with Crippen molar-refractivity contribution in [2.75, 3.05) is 5.32 Å². The van der Waals surface area contributed by atoms with Crippen LogP contribution in [0.1, 0.15) is 17.5 Å². The van der Waals surface area contributed by atoms with Crippen molar-refractivity contribution in [2.24, 2.45) is 5.73 Å². The maximum atomic E-state index is 13.0. The molecule has 2 aromatic carbocycles. The highest BCUT2D eigenvalue weighted by Gasteiger charge is 2.34. The van der Waals surface area contributed by atoms with Gasteiger partial charge in [-0.05, 0) is 30.7 Å². The summed E-state index contributed by atoms with van der Waals surface area (Å²) in [5.74, 6) is -1.33. The molecule has 4 amide bonds. The Hall–Kier alpha value is -4.15. The number of nitrogens with one attached hydrogen (secondary N) is 4. The van der Waals surface area contributed by atoms with E-state index in [1.807, 2.05) is 43.3 Å². The van der Waals surface area contributed by atoms with Gasteiger partial charge in [0.2, 0.25) is 11.8 Å². The van der Waals surface area contributed by atoms with Gasteiger partial charge in [-0.2, -0.15) is 0 Å². The standard InChI is InChI=1S/C26H29N5O5/c1-14-6-8-17(9-7-14)29-26(36)31-20-10-15(12-22(32)23(20)33)25(35)30-21(24(27)34)11-16-13-28-19-5-3-2-4-18(16)19/h2-10,13,20-23,28,32-33H,11-12H2,1H3,(H2,27,34)(H,30,35)(H2,29,31,36)/t20-,21-,22-,23-/m1/s1. The third-order valence-electron chi connectivity index (χ3n) is 6.22. The number of hydrogen-bond acceptors (Lipinski definition) is 5. The maximum Gasteiger partial charge on any atom is 0.319 e. The van der Waals surface area contributed by atoms with E-state index >= 15 is 0 Å². The molecule has 0 saturated carbocycles. The number of aromatic amines is 1. The molecule has 0 spiro atoms. The zero-order valence-electron chi connectivity index (χ0n) is 19.7. The molecular formula is C26H29N5O5. The number of hydrogen-bond donors (Lipinski definition) is 7. The van der Waals surface area contributed by atoms with Crippen molar-refractivity contribution in [1.29, 1.82) is 0 Å². The number of fused-ring (bicyclic) bond motifs is 1. The predicted molar refractivity (Wildman–Crippen MR) is 135 cm³/mol. The number of aryl methyl sites for hydroxylation is 1. The van der Waals surface area contributed by atoms with Gasteiger partial charge in [0.05, 0.1) is 12.1 Å². The Morgan fingerprint density at radius 2 is 1.83 bits per heavy atom. The summed E-state index contributed by atoms with van der Waals surface area (Å²) in [4.78, 5) is 40.7. The number of aromatic nitrogens is 1. The van der Waals surface area contributed by atoms with E-state index in [1.54, 1.807) is 18.3 Å². The summed E-state index contributed by atoms with van der Waals surface area (Å²) in [6.45, 7) is 1.92. The van der Waals surface area contributed by atoms with E-state index in [0.29, 0.717) is 5.69 Å². The molecule has 0 bridgehead atoms. The van der Waals surface area contributed by atoms with E-state index in [-0.39, 0.29) is 18.4 Å². The molecule has 1 heterocycles. The molecular weight excluding hydrogens is 462 g/mol. The molecule has 10 nitrogen and oxygen atoms in total. The SMILES string of the molecule is Cc1ccc(NC(=O)N[C@@H]2C=C(C(=O)N[C@H](Cc3c[nH]c4ccccc34)C(N)=O)C[C@@H](O)[C@@H]2O)cc1. The normalized spacial score (nSPS) is 20.3. The van der Waals surface area contributed by atoms with Gasteiger partial charge in [-0.25, -0.2) is 4.79 Å². The van der Waals surface area contributed by atoms with Gasteiger partial charge >= 0.3 is 6.03 Å². The number of carbonyl (C=O) groups excluding carboxylic acids is 3. The number of rotatable bonds is 7. The first-order chi connectivity index (χ1) is 17.2. The molecule has 0 fully saturated rings. The van der Waals surface area contributed by atoms with Gasteiger partial charge in [0, 0.05) is 41.2 Å². The third kappa shape index (κ3) is 5.73. The summed E-state index contributed by atoms with van der Waals surface area (Å²) in [6.07, 6.45) is 0.558. The fraction of sp³-hybridized carbons (Fsp3) is 0.269. The molecule has 4 atom stereocenters. The molecule has 36 heavy (non-hydrogen) atoms. The summed E-state index contributed by atoms with van der Waals surface area (Å²) in [6, 6.07) is 12.1. The summed E-state index contributed by atoms with van der Waals surface area (Å²) in [5.41, 5.74) is 8.98. The van der Waals surface area contributed by atoms with Crippen molar-refractivity contribution in [3.8, 4) is 0 Å². The van der Waals surface area contributed by atoms with E-state index in [1.165, 1.54) is 6.08 Å². The van der Waals surface area contributed by atoms with Gasteiger partial charge in [-0.1, -0.05) is 42.0 Å². The Morgan fingerprint density at radius 3 is 2.56 bits per heavy atom. The third-order valence-corrected chi connectivity index (χ3v) is 6.22. The van der Waals surface area contributed by atoms with Crippen LogP contribution >= 0.6 is 0 Å². The molecule has 10 heteroatoms. The number of amides is 4. The summed E-state index contributed by atoms with van der Waals surface area (Å²) < 4.78 is 0. The minimum atomic E-state index is -1.32. The van der Waals surface area contributed by atoms with Crippen LogP contribution in [0.2, 0.25) is 0 Å². The van der Waals surface area contributed by atoms with Crippen molar-refractivity contribution >= 4 is 34.4 Å². The average Bonchev–Trinajstić information content (AvgIpc) is 3.25. The number of nitrogens with two attached hydrogens (primary N) is 1. The minimum absolute atomic E-state index is 0.124. The molecule has 1 aliphatic carbocycles. The molecule has 8 N–H and O–H groups in total. The van der Waals surface area contributed by atoms with Crippen LogP contribution < -0.4 is 21.7 Å². The smallest absolute Gasteiger partial charge is 0.319 e. The average molecular weight is 492 g/mol. The number of anilines is 1. The zero-order valence-corrected chi connectivity index (χ0v) is 19.7. The lowest BCUT2D eigenvalue weighted by Crippen LogP contribution is -2.53. The van der Waals surface area contributed by atoms with Gasteiger partial charge < -0.3 is 36.9 Å². The monoisotopic (exact) mass is 491 g/mol. The second-order valence-corrected chi connectivity index (χ2v) is 8.94. The molecule has 1 aliphatic rings. The van der Waals surface area contributed by atoms with E-state index in [4.69, 9.17) is 5.73 Å². The number of benzene rings is 2. The minimum Gasteiger partial charge on any atom is -0.390 e. The van der Waals surface area contributed by atoms with E-state index in [0.717, 1.165) is 22.0 Å². The molecule has 0 aliphatic heterocycles. The van der Waals surface area contributed by atoms with Gasteiger partial charge in [-0.15, -0.1) is 0 Å².